The van der Waals surface area contributed by atoms with Gasteiger partial charge in [0.25, 0.3) is 0 Å². The van der Waals surface area contributed by atoms with Gasteiger partial charge in [0.2, 0.25) is 11.8 Å². The fourth-order valence-electron chi connectivity index (χ4n) is 2.81. The first-order chi connectivity index (χ1) is 12.0. The Labute approximate surface area is 145 Å². The van der Waals surface area contributed by atoms with Crippen molar-refractivity contribution in [1.82, 2.24) is 10.3 Å². The second-order valence-corrected chi connectivity index (χ2v) is 6.25. The zero-order chi connectivity index (χ0) is 17.8. The summed E-state index contributed by atoms with van der Waals surface area (Å²) in [5, 5.41) is 5.49. The van der Waals surface area contributed by atoms with Crippen molar-refractivity contribution in [2.75, 3.05) is 11.9 Å². The van der Waals surface area contributed by atoms with Gasteiger partial charge < -0.3 is 10.6 Å². The largest absolute Gasteiger partial charge is 0.355 e. The van der Waals surface area contributed by atoms with Crippen LogP contribution >= 0.6 is 0 Å². The first-order valence-corrected chi connectivity index (χ1v) is 8.29. The minimum Gasteiger partial charge on any atom is -0.355 e. The second-order valence-electron chi connectivity index (χ2n) is 6.25. The van der Waals surface area contributed by atoms with Crippen LogP contribution < -0.4 is 10.6 Å². The maximum atomic E-state index is 12.9. The van der Waals surface area contributed by atoms with Gasteiger partial charge >= 0.3 is 0 Å². The highest BCUT2D eigenvalue weighted by molar-refractivity contribution is 5.90. The first-order valence-electron chi connectivity index (χ1n) is 8.29. The molecule has 1 fully saturated rings. The molecule has 1 aromatic carbocycles. The van der Waals surface area contributed by atoms with E-state index in [2.05, 4.69) is 15.6 Å². The normalized spacial score (nSPS) is 18.5. The molecule has 0 spiro atoms. The molecule has 130 valence electrons. The van der Waals surface area contributed by atoms with Gasteiger partial charge in [0.1, 0.15) is 11.6 Å². The van der Waals surface area contributed by atoms with Crippen LogP contribution in [0.5, 0.6) is 0 Å². The fourth-order valence-corrected chi connectivity index (χ4v) is 2.81. The van der Waals surface area contributed by atoms with Crippen LogP contribution in [0.4, 0.5) is 10.2 Å². The standard InChI is InChI=1S/C19H20FN3O2/c1-12-3-2-4-17(22-12)23-18(24)9-10-21-19(25)16-11-15(16)13-5-7-14(20)8-6-13/h2-8,15-16H,9-11H2,1H3,(H,21,25)(H,22,23,24). The number of nitrogens with zero attached hydrogens (tertiary/aromatic N) is 1. The Hall–Kier alpha value is -2.76. The van der Waals surface area contributed by atoms with Crippen LogP contribution in [-0.4, -0.2) is 23.3 Å². The predicted octanol–water partition coefficient (Wildman–Crippen LogP) is 2.78. The van der Waals surface area contributed by atoms with Gasteiger partial charge in [-0.15, -0.1) is 0 Å². The molecule has 0 aliphatic heterocycles. The number of aryl methyl sites for hydroxylation is 1. The second kappa shape index (κ2) is 7.42. The van der Waals surface area contributed by atoms with Crippen LogP contribution in [0.2, 0.25) is 0 Å². The number of aromatic nitrogens is 1. The van der Waals surface area contributed by atoms with Crippen molar-refractivity contribution < 1.29 is 14.0 Å². The summed E-state index contributed by atoms with van der Waals surface area (Å²) in [5.41, 5.74) is 1.80. The highest BCUT2D eigenvalue weighted by atomic mass is 19.1. The maximum Gasteiger partial charge on any atom is 0.227 e. The summed E-state index contributed by atoms with van der Waals surface area (Å²) in [6, 6.07) is 11.6. The van der Waals surface area contributed by atoms with E-state index in [0.29, 0.717) is 5.82 Å². The number of halogens is 1. The number of carbonyl (C=O) groups is 2. The summed E-state index contributed by atoms with van der Waals surface area (Å²) in [7, 11) is 0. The lowest BCUT2D eigenvalue weighted by molar-refractivity contribution is -0.122. The van der Waals surface area contributed by atoms with E-state index in [1.54, 1.807) is 18.2 Å². The molecular weight excluding hydrogens is 321 g/mol. The van der Waals surface area contributed by atoms with E-state index in [0.717, 1.165) is 17.7 Å². The van der Waals surface area contributed by atoms with E-state index in [-0.39, 0.29) is 42.4 Å². The molecule has 0 saturated heterocycles. The van der Waals surface area contributed by atoms with E-state index in [4.69, 9.17) is 0 Å². The van der Waals surface area contributed by atoms with Crippen molar-refractivity contribution in [3.63, 3.8) is 0 Å². The summed E-state index contributed by atoms with van der Waals surface area (Å²) in [5.74, 6) is 0.0346. The summed E-state index contributed by atoms with van der Waals surface area (Å²) in [4.78, 5) is 28.2. The van der Waals surface area contributed by atoms with Crippen LogP contribution in [0.15, 0.2) is 42.5 Å². The van der Waals surface area contributed by atoms with E-state index in [1.165, 1.54) is 12.1 Å². The average molecular weight is 341 g/mol. The minimum absolute atomic E-state index is 0.0594. The van der Waals surface area contributed by atoms with Gasteiger partial charge in [-0.1, -0.05) is 18.2 Å². The molecule has 25 heavy (non-hydrogen) atoms. The van der Waals surface area contributed by atoms with Gasteiger partial charge in [0.15, 0.2) is 0 Å². The summed E-state index contributed by atoms with van der Waals surface area (Å²) >= 11 is 0. The molecule has 2 aromatic rings. The highest BCUT2D eigenvalue weighted by Gasteiger charge is 2.43. The van der Waals surface area contributed by atoms with Gasteiger partial charge in [0, 0.05) is 24.6 Å². The molecule has 1 saturated carbocycles. The minimum atomic E-state index is -0.278. The van der Waals surface area contributed by atoms with E-state index < -0.39 is 0 Å². The van der Waals surface area contributed by atoms with Crippen molar-refractivity contribution in [2.45, 2.75) is 25.7 Å². The molecule has 1 aliphatic rings. The monoisotopic (exact) mass is 341 g/mol. The Bertz CT molecular complexity index is 776. The Morgan fingerprint density at radius 1 is 1.20 bits per heavy atom. The van der Waals surface area contributed by atoms with Crippen molar-refractivity contribution in [3.05, 3.63) is 59.5 Å². The summed E-state index contributed by atoms with van der Waals surface area (Å²) in [6.07, 6.45) is 0.951. The lowest BCUT2D eigenvalue weighted by Crippen LogP contribution is -2.29. The molecule has 5 nitrogen and oxygen atoms in total. The zero-order valence-corrected chi connectivity index (χ0v) is 14.0. The molecule has 2 unspecified atom stereocenters. The number of nitrogens with one attached hydrogen (secondary N) is 2. The highest BCUT2D eigenvalue weighted by Crippen LogP contribution is 2.47. The maximum absolute atomic E-state index is 12.9. The zero-order valence-electron chi connectivity index (χ0n) is 14.0. The van der Waals surface area contributed by atoms with Gasteiger partial charge in [0.05, 0.1) is 0 Å². The molecule has 1 aliphatic carbocycles. The molecule has 1 heterocycles. The number of amides is 2. The Balaban J connectivity index is 1.40. The third kappa shape index (κ3) is 4.62. The SMILES string of the molecule is Cc1cccc(NC(=O)CCNC(=O)C2CC2c2ccc(F)cc2)n1. The Kier molecular flexibility index (Phi) is 5.07. The van der Waals surface area contributed by atoms with Crippen LogP contribution in [0, 0.1) is 18.7 Å². The molecule has 2 amide bonds. The summed E-state index contributed by atoms with van der Waals surface area (Å²) < 4.78 is 12.9. The Morgan fingerprint density at radius 2 is 1.96 bits per heavy atom. The van der Waals surface area contributed by atoms with E-state index >= 15 is 0 Å². The third-order valence-corrected chi connectivity index (χ3v) is 4.23. The average Bonchev–Trinajstić information content (AvgIpc) is 3.36. The van der Waals surface area contributed by atoms with Crippen LogP contribution in [0.25, 0.3) is 0 Å². The first kappa shape index (κ1) is 17.1. The van der Waals surface area contributed by atoms with Gasteiger partial charge in [-0.05, 0) is 49.1 Å². The number of carbonyl (C=O) groups excluding carboxylic acids is 2. The molecular formula is C19H20FN3O2. The molecule has 2 N–H and O–H groups in total. The van der Waals surface area contributed by atoms with Gasteiger partial charge in [-0.2, -0.15) is 0 Å². The lowest BCUT2D eigenvalue weighted by atomic mass is 10.1. The van der Waals surface area contributed by atoms with Crippen LogP contribution in [0.1, 0.15) is 30.0 Å². The molecule has 6 heteroatoms. The summed E-state index contributed by atoms with van der Waals surface area (Å²) in [6.45, 7) is 2.13. The molecule has 2 atom stereocenters. The van der Waals surface area contributed by atoms with Crippen LogP contribution in [-0.2, 0) is 9.59 Å². The number of anilines is 1. The van der Waals surface area contributed by atoms with Crippen LogP contribution in [0.3, 0.4) is 0 Å². The molecule has 0 radical (unpaired) electrons. The quantitative estimate of drug-likeness (QED) is 0.849. The number of benzene rings is 1. The van der Waals surface area contributed by atoms with Gasteiger partial charge in [-0.3, -0.25) is 9.59 Å². The lowest BCUT2D eigenvalue weighted by Gasteiger charge is -2.07. The van der Waals surface area contributed by atoms with Crippen molar-refractivity contribution in [2.24, 2.45) is 5.92 Å². The number of hydrogen-bond acceptors (Lipinski definition) is 3. The smallest absolute Gasteiger partial charge is 0.227 e. The van der Waals surface area contributed by atoms with E-state index in [1.807, 2.05) is 19.1 Å². The third-order valence-electron chi connectivity index (χ3n) is 4.23. The topological polar surface area (TPSA) is 71.1 Å². The van der Waals surface area contributed by atoms with Gasteiger partial charge in [-0.25, -0.2) is 9.37 Å². The van der Waals surface area contributed by atoms with Crippen molar-refractivity contribution in [3.8, 4) is 0 Å². The Morgan fingerprint density at radius 3 is 2.68 bits per heavy atom. The van der Waals surface area contributed by atoms with E-state index in [9.17, 15) is 14.0 Å². The van der Waals surface area contributed by atoms with Crippen molar-refractivity contribution in [1.29, 1.82) is 0 Å². The fraction of sp³-hybridized carbons (Fsp3) is 0.316. The number of hydrogen-bond donors (Lipinski definition) is 2. The predicted molar refractivity (Wildman–Crippen MR) is 92.5 cm³/mol. The molecule has 3 rings (SSSR count). The van der Waals surface area contributed by atoms with Crippen molar-refractivity contribution >= 4 is 17.6 Å². The molecule has 0 bridgehead atoms. The number of rotatable bonds is 6. The molecule has 1 aromatic heterocycles. The number of pyridine rings is 1.